The zero-order chi connectivity index (χ0) is 22.2. The molecule has 1 N–H and O–H groups in total. The Kier molecular flexibility index (Phi) is 5.54. The van der Waals surface area contributed by atoms with Gasteiger partial charge in [0, 0.05) is 11.6 Å². The van der Waals surface area contributed by atoms with Crippen molar-refractivity contribution in [2.75, 3.05) is 23.8 Å². The van der Waals surface area contributed by atoms with Crippen molar-refractivity contribution >= 4 is 38.1 Å². The number of nitrogens with one attached hydrogen (secondary N) is 1. The third kappa shape index (κ3) is 3.81. The molecule has 162 valence electrons. The number of aromatic nitrogens is 2. The van der Waals surface area contributed by atoms with Crippen molar-refractivity contribution in [3.8, 4) is 11.5 Å². The van der Waals surface area contributed by atoms with E-state index in [1.165, 1.54) is 24.6 Å². The third-order valence-electron chi connectivity index (χ3n) is 4.90. The summed E-state index contributed by atoms with van der Waals surface area (Å²) in [5.74, 6) is 0.418. The summed E-state index contributed by atoms with van der Waals surface area (Å²) < 4.78 is 38.0. The quantitative estimate of drug-likeness (QED) is 0.563. The zero-order valence-corrected chi connectivity index (χ0v) is 18.7. The number of para-hydroxylation sites is 1. The van der Waals surface area contributed by atoms with Crippen LogP contribution in [0, 0.1) is 0 Å². The number of amides is 1. The number of ether oxygens (including phenoxy) is 2. The summed E-state index contributed by atoms with van der Waals surface area (Å²) in [7, 11) is -0.939. The molecule has 1 unspecified atom stereocenters. The minimum atomic E-state index is -3.91. The molecule has 9 nitrogen and oxygen atoms in total. The van der Waals surface area contributed by atoms with E-state index in [-0.39, 0.29) is 15.5 Å². The highest BCUT2D eigenvalue weighted by atomic mass is 32.2. The molecule has 0 saturated heterocycles. The van der Waals surface area contributed by atoms with Gasteiger partial charge < -0.3 is 9.47 Å². The number of hydrogen-bond donors (Lipinski definition) is 1. The van der Waals surface area contributed by atoms with Crippen LogP contribution in [0.15, 0.2) is 46.8 Å². The molecule has 3 aromatic rings. The minimum absolute atomic E-state index is 0.0819. The maximum Gasteiger partial charge on any atom is 0.293 e. The molecule has 0 bridgehead atoms. The van der Waals surface area contributed by atoms with E-state index >= 15 is 0 Å². The maximum absolute atomic E-state index is 13.2. The highest BCUT2D eigenvalue weighted by Gasteiger charge is 2.38. The van der Waals surface area contributed by atoms with Crippen molar-refractivity contribution in [3.63, 3.8) is 0 Å². The van der Waals surface area contributed by atoms with Crippen LogP contribution in [0.3, 0.4) is 0 Å². The fourth-order valence-electron chi connectivity index (χ4n) is 3.50. The maximum atomic E-state index is 13.2. The molecule has 1 aliphatic heterocycles. The van der Waals surface area contributed by atoms with Gasteiger partial charge in [-0.2, -0.15) is 8.42 Å². The Balaban J connectivity index is 1.57. The number of benzene rings is 2. The fourth-order valence-corrected chi connectivity index (χ4v) is 6.17. The summed E-state index contributed by atoms with van der Waals surface area (Å²) in [5, 5.41) is 10.3. The number of carbonyl (C=O) groups excluding carboxylic acids is 1. The second-order valence-electron chi connectivity index (χ2n) is 6.88. The molecule has 0 radical (unpaired) electrons. The molecule has 0 saturated carbocycles. The number of sulfonamides is 1. The van der Waals surface area contributed by atoms with E-state index in [1.807, 2.05) is 19.1 Å². The first-order chi connectivity index (χ1) is 14.8. The average Bonchev–Trinajstić information content (AvgIpc) is 3.37. The number of anilines is 2. The van der Waals surface area contributed by atoms with Gasteiger partial charge in [-0.3, -0.25) is 14.4 Å². The summed E-state index contributed by atoms with van der Waals surface area (Å²) in [6.45, 7) is 1.85. The molecule has 0 spiro atoms. The monoisotopic (exact) mass is 460 g/mol. The number of fused-ring (bicyclic) bond motifs is 1. The molecule has 4 rings (SSSR count). The number of methoxy groups -OCH3 is 2. The number of carbonyl (C=O) groups is 1. The topological polar surface area (TPSA) is 111 Å². The van der Waals surface area contributed by atoms with Gasteiger partial charge in [-0.1, -0.05) is 29.5 Å². The molecule has 1 atom stereocenters. The van der Waals surface area contributed by atoms with Crippen molar-refractivity contribution in [1.29, 1.82) is 0 Å². The highest BCUT2D eigenvalue weighted by molar-refractivity contribution is 7.94. The molecular formula is C20H20N4O5S2. The lowest BCUT2D eigenvalue weighted by atomic mass is 10.1. The Morgan fingerprint density at radius 1 is 1.13 bits per heavy atom. The molecule has 1 aliphatic rings. The second kappa shape index (κ2) is 8.16. The smallest absolute Gasteiger partial charge is 0.293 e. The summed E-state index contributed by atoms with van der Waals surface area (Å²) in [5.41, 5.74) is 1.91. The molecule has 1 aromatic heterocycles. The summed E-state index contributed by atoms with van der Waals surface area (Å²) in [6, 6.07) is 11.8. The third-order valence-corrected chi connectivity index (χ3v) is 8.01. The van der Waals surface area contributed by atoms with E-state index in [2.05, 4.69) is 15.5 Å². The summed E-state index contributed by atoms with van der Waals surface area (Å²) in [6.07, 6.45) is 0.622. The highest BCUT2D eigenvalue weighted by Crippen LogP contribution is 2.37. The van der Waals surface area contributed by atoms with Crippen LogP contribution < -0.4 is 19.1 Å². The molecule has 2 aromatic carbocycles. The lowest BCUT2D eigenvalue weighted by molar-refractivity contribution is 0.102. The van der Waals surface area contributed by atoms with Crippen LogP contribution in [0.4, 0.5) is 10.8 Å². The first-order valence-electron chi connectivity index (χ1n) is 9.34. The number of nitrogens with zero attached hydrogens (tertiary/aromatic N) is 3. The lowest BCUT2D eigenvalue weighted by Crippen LogP contribution is -2.35. The molecule has 0 fully saturated rings. The predicted octanol–water partition coefficient (Wildman–Crippen LogP) is 2.95. The van der Waals surface area contributed by atoms with E-state index in [4.69, 9.17) is 9.47 Å². The second-order valence-corrected chi connectivity index (χ2v) is 9.85. The van der Waals surface area contributed by atoms with E-state index in [9.17, 15) is 13.2 Å². The van der Waals surface area contributed by atoms with Gasteiger partial charge in [0.2, 0.25) is 5.13 Å². The van der Waals surface area contributed by atoms with Gasteiger partial charge in [-0.15, -0.1) is 10.2 Å². The Morgan fingerprint density at radius 3 is 2.61 bits per heavy atom. The molecule has 11 heteroatoms. The van der Waals surface area contributed by atoms with Gasteiger partial charge in [0.05, 0.1) is 19.9 Å². The van der Waals surface area contributed by atoms with Crippen LogP contribution in [-0.2, 0) is 16.4 Å². The van der Waals surface area contributed by atoms with Gasteiger partial charge in [0.15, 0.2) is 11.5 Å². The zero-order valence-electron chi connectivity index (χ0n) is 17.0. The standard InChI is InChI=1S/C20H20N4O5S2/c1-12-10-13-6-4-5-7-15(13)24(12)31(26,27)20-23-22-19(30-20)21-18(25)14-8-9-16(28-2)17(11-14)29-3/h4-9,11-12H,10H2,1-3H3,(H,21,22,25). The van der Waals surface area contributed by atoms with Crippen LogP contribution in [0.25, 0.3) is 0 Å². The largest absolute Gasteiger partial charge is 0.493 e. The first kappa shape index (κ1) is 21.1. The van der Waals surface area contributed by atoms with Gasteiger partial charge in [0.25, 0.3) is 20.3 Å². The average molecular weight is 461 g/mol. The molecule has 31 heavy (non-hydrogen) atoms. The Bertz CT molecular complexity index is 1240. The van der Waals surface area contributed by atoms with Crippen LogP contribution in [0.5, 0.6) is 11.5 Å². The van der Waals surface area contributed by atoms with Crippen molar-refractivity contribution < 1.29 is 22.7 Å². The fraction of sp³-hybridized carbons (Fsp3) is 0.250. The van der Waals surface area contributed by atoms with Crippen molar-refractivity contribution in [2.45, 2.75) is 23.7 Å². The van der Waals surface area contributed by atoms with Crippen LogP contribution in [0.1, 0.15) is 22.8 Å². The lowest BCUT2D eigenvalue weighted by Gasteiger charge is -2.22. The van der Waals surface area contributed by atoms with Gasteiger partial charge in [-0.25, -0.2) is 0 Å². The van der Waals surface area contributed by atoms with Crippen LogP contribution >= 0.6 is 11.3 Å². The summed E-state index contributed by atoms with van der Waals surface area (Å²) in [4.78, 5) is 12.6. The van der Waals surface area contributed by atoms with Crippen molar-refractivity contribution in [3.05, 3.63) is 53.6 Å². The van der Waals surface area contributed by atoms with Crippen molar-refractivity contribution in [2.24, 2.45) is 0 Å². The number of rotatable bonds is 6. The molecule has 1 amide bonds. The first-order valence-corrected chi connectivity index (χ1v) is 11.6. The van der Waals surface area contributed by atoms with E-state index < -0.39 is 15.9 Å². The SMILES string of the molecule is COc1ccc(C(=O)Nc2nnc(S(=O)(=O)N3c4ccccc4CC3C)s2)cc1OC. The normalized spacial score (nSPS) is 15.5. The van der Waals surface area contributed by atoms with Crippen LogP contribution in [-0.4, -0.2) is 44.8 Å². The van der Waals surface area contributed by atoms with Gasteiger partial charge in [-0.05, 0) is 43.2 Å². The minimum Gasteiger partial charge on any atom is -0.493 e. The van der Waals surface area contributed by atoms with Gasteiger partial charge in [0.1, 0.15) is 0 Å². The van der Waals surface area contributed by atoms with E-state index in [0.29, 0.717) is 29.2 Å². The van der Waals surface area contributed by atoms with Crippen LogP contribution in [0.2, 0.25) is 0 Å². The Morgan fingerprint density at radius 2 is 1.87 bits per heavy atom. The van der Waals surface area contributed by atoms with E-state index in [0.717, 1.165) is 16.9 Å². The Labute approximate surface area is 183 Å². The Hall–Kier alpha value is -3.18. The molecular weight excluding hydrogens is 440 g/mol. The van der Waals surface area contributed by atoms with Crippen molar-refractivity contribution in [1.82, 2.24) is 10.2 Å². The van der Waals surface area contributed by atoms with E-state index in [1.54, 1.807) is 24.3 Å². The predicted molar refractivity (Wildman–Crippen MR) is 117 cm³/mol. The number of hydrogen-bond acceptors (Lipinski definition) is 8. The van der Waals surface area contributed by atoms with Gasteiger partial charge >= 0.3 is 0 Å². The molecule has 2 heterocycles. The molecule has 0 aliphatic carbocycles. The summed E-state index contributed by atoms with van der Waals surface area (Å²) >= 11 is 0.804.